The van der Waals surface area contributed by atoms with Crippen molar-refractivity contribution in [1.29, 1.82) is 0 Å². The average molecular weight is 556 g/mol. The van der Waals surface area contributed by atoms with E-state index in [0.29, 0.717) is 18.6 Å². The van der Waals surface area contributed by atoms with Gasteiger partial charge in [-0.3, -0.25) is 4.90 Å². The van der Waals surface area contributed by atoms with Crippen LogP contribution in [0.5, 0.6) is 0 Å². The topological polar surface area (TPSA) is 55.6 Å². The predicted molar refractivity (Wildman–Crippen MR) is 120 cm³/mol. The van der Waals surface area contributed by atoms with Crippen molar-refractivity contribution in [2.24, 2.45) is 5.73 Å². The zero-order valence-corrected chi connectivity index (χ0v) is 20.3. The molecule has 2 aromatic carbocycles. The van der Waals surface area contributed by atoms with Crippen LogP contribution < -0.4 is 10.6 Å². The third kappa shape index (κ3) is 6.19. The van der Waals surface area contributed by atoms with E-state index in [-0.39, 0.29) is 36.8 Å². The number of nitrogens with zero attached hydrogens (tertiary/aromatic N) is 1. The molecule has 0 aliphatic carbocycles. The van der Waals surface area contributed by atoms with Gasteiger partial charge in [-0.25, -0.2) is 4.79 Å². The van der Waals surface area contributed by atoms with Gasteiger partial charge in [0.15, 0.2) is 0 Å². The molecule has 0 aromatic heterocycles. The van der Waals surface area contributed by atoms with E-state index in [0.717, 1.165) is 18.2 Å². The molecule has 1 aliphatic heterocycles. The highest BCUT2D eigenvalue weighted by atomic mass is 19.4. The summed E-state index contributed by atoms with van der Waals surface area (Å²) in [5, 5.41) is 0. The van der Waals surface area contributed by atoms with Crippen LogP contribution in [0.15, 0.2) is 36.4 Å². The summed E-state index contributed by atoms with van der Waals surface area (Å²) in [6, 6.07) is 1.16. The van der Waals surface area contributed by atoms with E-state index in [1.165, 1.54) is 4.90 Å². The van der Waals surface area contributed by atoms with Crippen LogP contribution in [-0.2, 0) is 23.3 Å². The minimum absolute atomic E-state index is 0.000624. The molecule has 0 radical (unpaired) electrons. The summed E-state index contributed by atoms with van der Waals surface area (Å²) in [6.07, 6.45) is -15.3. The maximum Gasteiger partial charge on any atom is 0.416 e. The molecule has 38 heavy (non-hydrogen) atoms. The number of hydrogen-bond donors (Lipinski definition) is 1. The molecule has 0 spiro atoms. The number of halogens is 9. The Kier molecular flexibility index (Phi) is 8.30. The number of hydrogen-bond acceptors (Lipinski definition) is 3. The first-order valence-electron chi connectivity index (χ1n) is 11.7. The molecular weight excluding hydrogens is 531 g/mol. The van der Waals surface area contributed by atoms with E-state index < -0.39 is 64.9 Å². The molecule has 210 valence electrons. The molecule has 3 atom stereocenters. The maximum atomic E-state index is 13.6. The van der Waals surface area contributed by atoms with Crippen molar-refractivity contribution >= 4 is 11.8 Å². The third-order valence-corrected chi connectivity index (χ3v) is 6.43. The standard InChI is InChI=1S/C25H25F9N2O2/c1-3-7-38-22(37)36-17(4-2)12-19(18-11-14(23(26,27)28)5-6-20(18)36)21(35)13-8-15(24(29,30)31)10-16(9-13)25(32,33)34/h5-6,8-11,17,19,21H,3-4,7,12,35H2,1-2H3. The SMILES string of the molecule is CCCOC(=O)N1c2ccc(C(F)(F)F)cc2C(C(N)c2cc(C(F)(F)F)cc(C(F)(F)F)c2)CC1CC. The molecule has 0 saturated carbocycles. The van der Waals surface area contributed by atoms with E-state index in [2.05, 4.69) is 0 Å². The third-order valence-electron chi connectivity index (χ3n) is 6.43. The highest BCUT2D eigenvalue weighted by Gasteiger charge is 2.43. The van der Waals surface area contributed by atoms with E-state index in [4.69, 9.17) is 10.5 Å². The lowest BCUT2D eigenvalue weighted by molar-refractivity contribution is -0.143. The van der Waals surface area contributed by atoms with Crippen molar-refractivity contribution in [3.8, 4) is 0 Å². The van der Waals surface area contributed by atoms with E-state index >= 15 is 0 Å². The van der Waals surface area contributed by atoms with Gasteiger partial charge in [-0.1, -0.05) is 13.8 Å². The minimum atomic E-state index is -5.13. The number of fused-ring (bicyclic) bond motifs is 1. The fourth-order valence-corrected chi connectivity index (χ4v) is 4.57. The Balaban J connectivity index is 2.20. The molecule has 0 fully saturated rings. The molecule has 1 aliphatic rings. The summed E-state index contributed by atoms with van der Waals surface area (Å²) in [5.74, 6) is -1.14. The Labute approximate surface area is 212 Å². The highest BCUT2D eigenvalue weighted by molar-refractivity contribution is 5.90. The second-order valence-electron chi connectivity index (χ2n) is 9.02. The number of nitrogens with two attached hydrogens (primary N) is 1. The zero-order chi connectivity index (χ0) is 28.6. The number of anilines is 1. The first-order valence-corrected chi connectivity index (χ1v) is 11.7. The summed E-state index contributed by atoms with van der Waals surface area (Å²) in [6.45, 7) is 3.45. The largest absolute Gasteiger partial charge is 0.449 e. The van der Waals surface area contributed by atoms with Crippen LogP contribution in [0.25, 0.3) is 0 Å². The number of rotatable bonds is 5. The molecule has 1 amide bonds. The molecule has 0 bridgehead atoms. The van der Waals surface area contributed by atoms with E-state index in [1.54, 1.807) is 13.8 Å². The quantitative estimate of drug-likeness (QED) is 0.379. The van der Waals surface area contributed by atoms with Gasteiger partial charge in [0.2, 0.25) is 0 Å². The first-order chi connectivity index (χ1) is 17.5. The first kappa shape index (κ1) is 29.6. The van der Waals surface area contributed by atoms with Crippen molar-refractivity contribution < 1.29 is 49.0 Å². The second-order valence-corrected chi connectivity index (χ2v) is 9.02. The second kappa shape index (κ2) is 10.7. The Bertz CT molecular complexity index is 1130. The molecule has 4 nitrogen and oxygen atoms in total. The number of ether oxygens (including phenoxy) is 1. The molecule has 2 aromatic rings. The normalized spacial score (nSPS) is 19.2. The molecule has 1 heterocycles. The molecule has 2 N–H and O–H groups in total. The van der Waals surface area contributed by atoms with Crippen LogP contribution in [-0.4, -0.2) is 18.7 Å². The van der Waals surface area contributed by atoms with Gasteiger partial charge in [0.25, 0.3) is 0 Å². The van der Waals surface area contributed by atoms with Crippen molar-refractivity contribution in [2.75, 3.05) is 11.5 Å². The van der Waals surface area contributed by atoms with Gasteiger partial charge in [0.05, 0.1) is 29.0 Å². The van der Waals surface area contributed by atoms with Crippen LogP contribution >= 0.6 is 0 Å². The molecular formula is C25H25F9N2O2. The van der Waals surface area contributed by atoms with Crippen molar-refractivity contribution in [3.63, 3.8) is 0 Å². The highest BCUT2D eigenvalue weighted by Crippen LogP contribution is 2.48. The van der Waals surface area contributed by atoms with Crippen molar-refractivity contribution in [3.05, 3.63) is 64.2 Å². The van der Waals surface area contributed by atoms with Gasteiger partial charge in [-0.15, -0.1) is 0 Å². The number of benzene rings is 2. The van der Waals surface area contributed by atoms with Gasteiger partial charge in [-0.2, -0.15) is 39.5 Å². The number of carbonyl (C=O) groups excluding carboxylic acids is 1. The fourth-order valence-electron chi connectivity index (χ4n) is 4.57. The van der Waals surface area contributed by atoms with Crippen molar-refractivity contribution in [2.45, 2.75) is 69.6 Å². The van der Waals surface area contributed by atoms with Gasteiger partial charge in [0.1, 0.15) is 0 Å². The van der Waals surface area contributed by atoms with Gasteiger partial charge < -0.3 is 10.5 Å². The fraction of sp³-hybridized carbons (Fsp3) is 0.480. The summed E-state index contributed by atoms with van der Waals surface area (Å²) in [5.41, 5.74) is 1.28. The van der Waals surface area contributed by atoms with Crippen molar-refractivity contribution in [1.82, 2.24) is 0 Å². The molecule has 13 heteroatoms. The predicted octanol–water partition coefficient (Wildman–Crippen LogP) is 8.06. The number of carbonyl (C=O) groups is 1. The Morgan fingerprint density at radius 2 is 1.47 bits per heavy atom. The van der Waals surface area contributed by atoms with Gasteiger partial charge >= 0.3 is 24.6 Å². The summed E-state index contributed by atoms with van der Waals surface area (Å²) < 4.78 is 126. The Morgan fingerprint density at radius 3 is 1.95 bits per heavy atom. The smallest absolute Gasteiger partial charge is 0.416 e. The van der Waals surface area contributed by atoms with Gasteiger partial charge in [0, 0.05) is 18.0 Å². The Morgan fingerprint density at radius 1 is 0.921 bits per heavy atom. The Hall–Kier alpha value is -2.96. The maximum absolute atomic E-state index is 13.6. The van der Waals surface area contributed by atoms with Gasteiger partial charge in [-0.05, 0) is 66.8 Å². The summed E-state index contributed by atoms with van der Waals surface area (Å²) >= 11 is 0. The lowest BCUT2D eigenvalue weighted by Crippen LogP contribution is -2.46. The van der Waals surface area contributed by atoms with Crippen LogP contribution in [0, 0.1) is 0 Å². The zero-order valence-electron chi connectivity index (χ0n) is 20.3. The minimum Gasteiger partial charge on any atom is -0.449 e. The van der Waals surface area contributed by atoms with Crippen LogP contribution in [0.4, 0.5) is 50.0 Å². The number of amides is 1. The summed E-state index contributed by atoms with van der Waals surface area (Å²) in [7, 11) is 0. The average Bonchev–Trinajstić information content (AvgIpc) is 2.83. The molecule has 0 saturated heterocycles. The van der Waals surface area contributed by atoms with Crippen LogP contribution in [0.2, 0.25) is 0 Å². The lowest BCUT2D eigenvalue weighted by Gasteiger charge is -2.42. The number of alkyl halides is 9. The van der Waals surface area contributed by atoms with Crippen LogP contribution in [0.1, 0.15) is 72.9 Å². The van der Waals surface area contributed by atoms with Crippen LogP contribution in [0.3, 0.4) is 0 Å². The molecule has 3 rings (SSSR count). The van der Waals surface area contributed by atoms with E-state index in [1.807, 2.05) is 0 Å². The summed E-state index contributed by atoms with van der Waals surface area (Å²) in [4.78, 5) is 14.0. The van der Waals surface area contributed by atoms with E-state index in [9.17, 15) is 44.3 Å². The molecule has 3 unspecified atom stereocenters. The lowest BCUT2D eigenvalue weighted by atomic mass is 9.77. The monoisotopic (exact) mass is 556 g/mol.